The Kier molecular flexibility index (Phi) is 4.03. The molecule has 104 valence electrons. The maximum absolute atomic E-state index is 13.9. The van der Waals surface area contributed by atoms with Gasteiger partial charge in [-0.2, -0.15) is 0 Å². The van der Waals surface area contributed by atoms with Crippen LogP contribution in [0.25, 0.3) is 0 Å². The highest BCUT2D eigenvalue weighted by Gasteiger charge is 2.16. The zero-order valence-corrected chi connectivity index (χ0v) is 11.6. The van der Waals surface area contributed by atoms with Crippen molar-refractivity contribution >= 4 is 5.78 Å². The minimum absolute atomic E-state index is 0.0108. The number of hydrogen-bond acceptors (Lipinski definition) is 3. The van der Waals surface area contributed by atoms with E-state index in [1.807, 2.05) is 6.92 Å². The highest BCUT2D eigenvalue weighted by Crippen LogP contribution is 2.23. The Morgan fingerprint density at radius 1 is 1.05 bits per heavy atom. The van der Waals surface area contributed by atoms with Crippen LogP contribution in [0.1, 0.15) is 21.5 Å². The van der Waals surface area contributed by atoms with Crippen LogP contribution in [0, 0.1) is 12.7 Å². The standard InChI is InChI=1S/C16H15FO3/c1-10-4-5-11(8-15(10)20-3)16(18)13-7-6-12(19-2)9-14(13)17/h4-9H,1-3H3. The smallest absolute Gasteiger partial charge is 0.196 e. The molecule has 0 spiro atoms. The summed E-state index contributed by atoms with van der Waals surface area (Å²) < 4.78 is 24.0. The van der Waals surface area contributed by atoms with Gasteiger partial charge in [-0.05, 0) is 30.7 Å². The third-order valence-electron chi connectivity index (χ3n) is 3.09. The van der Waals surface area contributed by atoms with E-state index >= 15 is 0 Å². The normalized spacial score (nSPS) is 10.2. The van der Waals surface area contributed by atoms with Crippen LogP contribution in [-0.2, 0) is 0 Å². The second-order valence-corrected chi connectivity index (χ2v) is 4.36. The fourth-order valence-electron chi connectivity index (χ4n) is 1.92. The number of aryl methyl sites for hydroxylation is 1. The first-order valence-electron chi connectivity index (χ1n) is 6.09. The van der Waals surface area contributed by atoms with E-state index in [0.717, 1.165) is 5.56 Å². The lowest BCUT2D eigenvalue weighted by Gasteiger charge is -2.08. The first kappa shape index (κ1) is 14.1. The van der Waals surface area contributed by atoms with Crippen LogP contribution in [0.4, 0.5) is 4.39 Å². The number of ether oxygens (including phenoxy) is 2. The number of carbonyl (C=O) groups is 1. The summed E-state index contributed by atoms with van der Waals surface area (Å²) in [6.45, 7) is 1.88. The van der Waals surface area contributed by atoms with Gasteiger partial charge < -0.3 is 9.47 Å². The predicted molar refractivity (Wildman–Crippen MR) is 74.1 cm³/mol. The summed E-state index contributed by atoms with van der Waals surface area (Å²) in [6, 6.07) is 9.21. The molecule has 0 unspecified atom stereocenters. The Bertz CT molecular complexity index is 650. The van der Waals surface area contributed by atoms with Gasteiger partial charge in [0.1, 0.15) is 17.3 Å². The van der Waals surface area contributed by atoms with E-state index in [0.29, 0.717) is 17.1 Å². The van der Waals surface area contributed by atoms with Crippen LogP contribution in [-0.4, -0.2) is 20.0 Å². The van der Waals surface area contributed by atoms with Gasteiger partial charge in [-0.15, -0.1) is 0 Å². The van der Waals surface area contributed by atoms with E-state index in [4.69, 9.17) is 9.47 Å². The molecule has 0 fully saturated rings. The zero-order valence-electron chi connectivity index (χ0n) is 11.6. The SMILES string of the molecule is COc1ccc(C(=O)c2ccc(C)c(OC)c2)c(F)c1. The lowest BCUT2D eigenvalue weighted by atomic mass is 10.0. The first-order chi connectivity index (χ1) is 9.56. The molecule has 0 radical (unpaired) electrons. The van der Waals surface area contributed by atoms with Crippen LogP contribution in [0.3, 0.4) is 0 Å². The van der Waals surface area contributed by atoms with E-state index < -0.39 is 5.82 Å². The van der Waals surface area contributed by atoms with E-state index in [1.54, 1.807) is 24.3 Å². The van der Waals surface area contributed by atoms with Crippen molar-refractivity contribution in [3.05, 3.63) is 58.9 Å². The Morgan fingerprint density at radius 2 is 1.80 bits per heavy atom. The molecule has 0 aliphatic heterocycles. The van der Waals surface area contributed by atoms with Gasteiger partial charge in [-0.25, -0.2) is 4.39 Å². The quantitative estimate of drug-likeness (QED) is 0.802. The molecule has 0 atom stereocenters. The molecule has 20 heavy (non-hydrogen) atoms. The molecular formula is C16H15FO3. The van der Waals surface area contributed by atoms with Crippen molar-refractivity contribution in [3.8, 4) is 11.5 Å². The number of rotatable bonds is 4. The van der Waals surface area contributed by atoms with Crippen molar-refractivity contribution in [1.82, 2.24) is 0 Å². The van der Waals surface area contributed by atoms with Crippen LogP contribution in [0.15, 0.2) is 36.4 Å². The number of hydrogen-bond donors (Lipinski definition) is 0. The second-order valence-electron chi connectivity index (χ2n) is 4.36. The molecule has 0 aliphatic carbocycles. The summed E-state index contributed by atoms with van der Waals surface area (Å²) in [5, 5.41) is 0. The molecule has 2 rings (SSSR count). The average molecular weight is 274 g/mol. The van der Waals surface area contributed by atoms with Gasteiger partial charge in [0.05, 0.1) is 19.8 Å². The van der Waals surface area contributed by atoms with Crippen LogP contribution in [0.5, 0.6) is 11.5 Å². The Balaban J connectivity index is 2.41. The van der Waals surface area contributed by atoms with Crippen molar-refractivity contribution in [2.75, 3.05) is 14.2 Å². The summed E-state index contributed by atoms with van der Waals surface area (Å²) in [4.78, 5) is 12.3. The van der Waals surface area contributed by atoms with Crippen molar-refractivity contribution in [2.24, 2.45) is 0 Å². The van der Waals surface area contributed by atoms with E-state index in [2.05, 4.69) is 0 Å². The Hall–Kier alpha value is -2.36. The molecule has 0 bridgehead atoms. The molecule has 4 heteroatoms. The minimum atomic E-state index is -0.603. The van der Waals surface area contributed by atoms with Gasteiger partial charge in [0, 0.05) is 11.6 Å². The van der Waals surface area contributed by atoms with Crippen molar-refractivity contribution in [2.45, 2.75) is 6.92 Å². The highest BCUT2D eigenvalue weighted by atomic mass is 19.1. The number of halogens is 1. The van der Waals surface area contributed by atoms with E-state index in [1.165, 1.54) is 26.4 Å². The van der Waals surface area contributed by atoms with Gasteiger partial charge in [-0.1, -0.05) is 12.1 Å². The van der Waals surface area contributed by atoms with Gasteiger partial charge in [0.2, 0.25) is 0 Å². The van der Waals surface area contributed by atoms with Crippen LogP contribution < -0.4 is 9.47 Å². The molecule has 0 saturated carbocycles. The fourth-order valence-corrected chi connectivity index (χ4v) is 1.92. The maximum Gasteiger partial charge on any atom is 0.196 e. The predicted octanol–water partition coefficient (Wildman–Crippen LogP) is 3.38. The van der Waals surface area contributed by atoms with Crippen molar-refractivity contribution < 1.29 is 18.7 Å². The van der Waals surface area contributed by atoms with E-state index in [9.17, 15) is 9.18 Å². The van der Waals surface area contributed by atoms with Gasteiger partial charge >= 0.3 is 0 Å². The summed E-state index contributed by atoms with van der Waals surface area (Å²) >= 11 is 0. The molecule has 0 amide bonds. The molecule has 0 aromatic heterocycles. The molecule has 3 nitrogen and oxygen atoms in total. The number of ketones is 1. The average Bonchev–Trinajstić information content (AvgIpc) is 2.47. The van der Waals surface area contributed by atoms with Crippen LogP contribution in [0.2, 0.25) is 0 Å². The summed E-state index contributed by atoms with van der Waals surface area (Å²) in [5.41, 5.74) is 1.31. The monoisotopic (exact) mass is 274 g/mol. The van der Waals surface area contributed by atoms with Crippen molar-refractivity contribution in [3.63, 3.8) is 0 Å². The Morgan fingerprint density at radius 3 is 2.40 bits per heavy atom. The third kappa shape index (κ3) is 2.64. The summed E-state index contributed by atoms with van der Waals surface area (Å²) in [6.07, 6.45) is 0. The van der Waals surface area contributed by atoms with Crippen molar-refractivity contribution in [1.29, 1.82) is 0 Å². The third-order valence-corrected chi connectivity index (χ3v) is 3.09. The fraction of sp³-hybridized carbons (Fsp3) is 0.188. The number of benzene rings is 2. The molecule has 0 heterocycles. The molecule has 2 aromatic rings. The summed E-state index contributed by atoms with van der Waals surface area (Å²) in [7, 11) is 2.98. The van der Waals surface area contributed by atoms with Gasteiger partial charge in [0.15, 0.2) is 5.78 Å². The highest BCUT2D eigenvalue weighted by molar-refractivity contribution is 6.09. The number of carbonyl (C=O) groups excluding carboxylic acids is 1. The van der Waals surface area contributed by atoms with Gasteiger partial charge in [-0.3, -0.25) is 4.79 Å². The molecule has 0 saturated heterocycles. The topological polar surface area (TPSA) is 35.5 Å². The molecular weight excluding hydrogens is 259 g/mol. The largest absolute Gasteiger partial charge is 0.497 e. The lowest BCUT2D eigenvalue weighted by molar-refractivity contribution is 0.103. The molecule has 0 aliphatic rings. The second kappa shape index (κ2) is 5.74. The maximum atomic E-state index is 13.9. The lowest BCUT2D eigenvalue weighted by Crippen LogP contribution is -2.05. The Labute approximate surface area is 117 Å². The first-order valence-corrected chi connectivity index (χ1v) is 6.09. The summed E-state index contributed by atoms with van der Waals surface area (Å²) in [5.74, 6) is -0.0114. The van der Waals surface area contributed by atoms with E-state index in [-0.39, 0.29) is 11.3 Å². The number of methoxy groups -OCH3 is 2. The molecule has 0 N–H and O–H groups in total. The van der Waals surface area contributed by atoms with Gasteiger partial charge in [0.25, 0.3) is 0 Å². The minimum Gasteiger partial charge on any atom is -0.497 e. The van der Waals surface area contributed by atoms with Crippen LogP contribution >= 0.6 is 0 Å². The molecule has 2 aromatic carbocycles. The zero-order chi connectivity index (χ0) is 14.7.